The maximum atomic E-state index is 13.5. The Kier molecular flexibility index (Phi) is 2.57. The van der Waals surface area contributed by atoms with Crippen molar-refractivity contribution >= 4 is 11.0 Å². The van der Waals surface area contributed by atoms with Gasteiger partial charge in [-0.05, 0) is 48.7 Å². The molecule has 4 heteroatoms. The lowest BCUT2D eigenvalue weighted by atomic mass is 10.0. The molecule has 1 unspecified atom stereocenters. The Labute approximate surface area is 125 Å². The fourth-order valence-electron chi connectivity index (χ4n) is 3.23. The predicted octanol–water partition coefficient (Wildman–Crippen LogP) is 3.61. The van der Waals surface area contributed by atoms with E-state index >= 15 is 0 Å². The van der Waals surface area contributed by atoms with Crippen LogP contribution in [0.2, 0.25) is 0 Å². The summed E-state index contributed by atoms with van der Waals surface area (Å²) < 4.78 is 19.4. The molecule has 0 amide bonds. The number of hydrogen-bond donors (Lipinski definition) is 1. The first-order chi connectivity index (χ1) is 10.5. The molecule has 0 saturated carbocycles. The lowest BCUT2D eigenvalue weighted by Crippen LogP contribution is -2.12. The summed E-state index contributed by atoms with van der Waals surface area (Å²) in [7, 11) is 0. The van der Waals surface area contributed by atoms with Gasteiger partial charge in [-0.1, -0.05) is 12.1 Å². The van der Waals surface area contributed by atoms with Crippen LogP contribution in [-0.2, 0) is 0 Å². The Morgan fingerprint density at radius 1 is 1.18 bits per heavy atom. The number of fused-ring (bicyclic) bond motifs is 4. The van der Waals surface area contributed by atoms with Crippen LogP contribution in [-0.4, -0.2) is 5.11 Å². The smallest absolute Gasteiger partial charge is 0.199 e. The monoisotopic (exact) mass is 296 g/mol. The van der Waals surface area contributed by atoms with Crippen LogP contribution >= 0.6 is 0 Å². The maximum Gasteiger partial charge on any atom is 0.199 e. The Morgan fingerprint density at radius 2 is 1.95 bits per heavy atom. The van der Waals surface area contributed by atoms with Crippen LogP contribution in [0.25, 0.3) is 22.3 Å². The largest absolute Gasteiger partial charge is 0.455 e. The zero-order valence-electron chi connectivity index (χ0n) is 12.1. The Balaban J connectivity index is 2.18. The third-order valence-corrected chi connectivity index (χ3v) is 4.18. The van der Waals surface area contributed by atoms with Crippen molar-refractivity contribution in [2.24, 2.45) is 0 Å². The van der Waals surface area contributed by atoms with Gasteiger partial charge in [0, 0.05) is 5.56 Å². The number of aryl methyl sites for hydroxylation is 2. The van der Waals surface area contributed by atoms with E-state index in [1.807, 2.05) is 19.9 Å². The van der Waals surface area contributed by atoms with Crippen molar-refractivity contribution in [2.75, 3.05) is 0 Å². The molecule has 0 fully saturated rings. The van der Waals surface area contributed by atoms with Gasteiger partial charge in [-0.3, -0.25) is 4.79 Å². The molecule has 1 atom stereocenters. The van der Waals surface area contributed by atoms with Crippen LogP contribution in [0.1, 0.15) is 28.4 Å². The first-order valence-corrected chi connectivity index (χ1v) is 7.03. The number of aliphatic hydroxyl groups excluding tert-OH is 1. The fraction of sp³-hybridized carbons (Fsp3) is 0.167. The SMILES string of the molecule is Cc1cc(C)c2oc3c(c(=O)c2c1)C(O)c1ccc(F)cc1-3. The van der Waals surface area contributed by atoms with Crippen LogP contribution in [0.4, 0.5) is 4.39 Å². The average molecular weight is 296 g/mol. The van der Waals surface area contributed by atoms with E-state index in [2.05, 4.69) is 0 Å². The average Bonchev–Trinajstić information content (AvgIpc) is 2.73. The summed E-state index contributed by atoms with van der Waals surface area (Å²) in [6.07, 6.45) is -1.08. The van der Waals surface area contributed by atoms with Crippen molar-refractivity contribution in [3.63, 3.8) is 0 Å². The summed E-state index contributed by atoms with van der Waals surface area (Å²) in [5.41, 5.74) is 3.16. The van der Waals surface area contributed by atoms with Gasteiger partial charge in [-0.2, -0.15) is 0 Å². The molecule has 2 aromatic carbocycles. The van der Waals surface area contributed by atoms with Gasteiger partial charge in [0.2, 0.25) is 0 Å². The number of hydrogen-bond acceptors (Lipinski definition) is 3. The van der Waals surface area contributed by atoms with E-state index in [-0.39, 0.29) is 16.8 Å². The van der Waals surface area contributed by atoms with Crippen LogP contribution in [0.15, 0.2) is 39.5 Å². The number of halogens is 1. The van der Waals surface area contributed by atoms with Crippen LogP contribution < -0.4 is 5.43 Å². The van der Waals surface area contributed by atoms with E-state index in [1.165, 1.54) is 18.2 Å². The second-order valence-corrected chi connectivity index (χ2v) is 5.77. The van der Waals surface area contributed by atoms with Crippen LogP contribution in [0.3, 0.4) is 0 Å². The molecule has 0 saturated heterocycles. The van der Waals surface area contributed by atoms with Crippen molar-refractivity contribution in [3.8, 4) is 11.3 Å². The minimum absolute atomic E-state index is 0.193. The lowest BCUT2D eigenvalue weighted by molar-refractivity contribution is 0.223. The molecular formula is C18H13FO3. The van der Waals surface area contributed by atoms with Gasteiger partial charge in [-0.25, -0.2) is 4.39 Å². The number of rotatable bonds is 0. The summed E-state index contributed by atoms with van der Waals surface area (Å²) in [6, 6.07) is 7.74. The van der Waals surface area contributed by atoms with E-state index in [0.29, 0.717) is 22.1 Å². The molecule has 0 spiro atoms. The van der Waals surface area contributed by atoms with Crippen molar-refractivity contribution in [1.29, 1.82) is 0 Å². The molecule has 0 radical (unpaired) electrons. The Bertz CT molecular complexity index is 1000. The molecule has 4 rings (SSSR count). The highest BCUT2D eigenvalue weighted by molar-refractivity contribution is 5.86. The summed E-state index contributed by atoms with van der Waals surface area (Å²) in [5, 5.41) is 10.9. The summed E-state index contributed by atoms with van der Waals surface area (Å²) in [5.74, 6) is -0.159. The summed E-state index contributed by atoms with van der Waals surface area (Å²) >= 11 is 0. The Morgan fingerprint density at radius 3 is 2.73 bits per heavy atom. The van der Waals surface area contributed by atoms with Gasteiger partial charge >= 0.3 is 0 Å². The first kappa shape index (κ1) is 13.2. The molecule has 1 N–H and O–H groups in total. The van der Waals surface area contributed by atoms with Gasteiger partial charge in [0.05, 0.1) is 10.9 Å². The third kappa shape index (κ3) is 1.61. The zero-order chi connectivity index (χ0) is 15.6. The molecule has 0 aliphatic heterocycles. The predicted molar refractivity (Wildman–Crippen MR) is 81.4 cm³/mol. The molecule has 3 aromatic rings. The van der Waals surface area contributed by atoms with Crippen molar-refractivity contribution in [3.05, 3.63) is 68.6 Å². The van der Waals surface area contributed by atoms with Gasteiger partial charge in [0.1, 0.15) is 23.3 Å². The minimum atomic E-state index is -1.08. The van der Waals surface area contributed by atoms with E-state index < -0.39 is 11.9 Å². The summed E-state index contributed by atoms with van der Waals surface area (Å²) in [4.78, 5) is 12.8. The van der Waals surface area contributed by atoms with Gasteiger partial charge in [0.25, 0.3) is 0 Å². The molecule has 1 aliphatic rings. The molecule has 3 nitrogen and oxygen atoms in total. The quantitative estimate of drug-likeness (QED) is 0.689. The molecule has 1 aliphatic carbocycles. The second kappa shape index (κ2) is 4.27. The standard InChI is InChI=1S/C18H13FO3/c1-8-5-9(2)17-13(6-8)16(21)14-15(20)11-4-3-10(19)7-12(11)18(14)22-17/h3-7,15,20H,1-2H3. The molecule has 1 heterocycles. The van der Waals surface area contributed by atoms with Gasteiger partial charge in [0.15, 0.2) is 5.43 Å². The Hall–Kier alpha value is -2.46. The normalized spacial score (nSPS) is 15.9. The summed E-state index contributed by atoms with van der Waals surface area (Å²) in [6.45, 7) is 3.77. The van der Waals surface area contributed by atoms with Gasteiger partial charge < -0.3 is 9.52 Å². The molecule has 0 bridgehead atoms. The molecular weight excluding hydrogens is 283 g/mol. The number of aliphatic hydroxyl groups is 1. The highest BCUT2D eigenvalue weighted by Gasteiger charge is 2.33. The minimum Gasteiger partial charge on any atom is -0.455 e. The molecule has 22 heavy (non-hydrogen) atoms. The van der Waals surface area contributed by atoms with E-state index in [9.17, 15) is 14.3 Å². The lowest BCUT2D eigenvalue weighted by Gasteiger charge is -2.08. The molecule has 110 valence electrons. The zero-order valence-corrected chi connectivity index (χ0v) is 12.1. The van der Waals surface area contributed by atoms with Gasteiger partial charge in [-0.15, -0.1) is 0 Å². The van der Waals surface area contributed by atoms with Crippen molar-refractivity contribution in [2.45, 2.75) is 20.0 Å². The van der Waals surface area contributed by atoms with E-state index in [4.69, 9.17) is 4.42 Å². The fourth-order valence-corrected chi connectivity index (χ4v) is 3.23. The van der Waals surface area contributed by atoms with Crippen molar-refractivity contribution in [1.82, 2.24) is 0 Å². The third-order valence-electron chi connectivity index (χ3n) is 4.18. The highest BCUT2D eigenvalue weighted by atomic mass is 19.1. The van der Waals surface area contributed by atoms with E-state index in [0.717, 1.165) is 11.1 Å². The highest BCUT2D eigenvalue weighted by Crippen LogP contribution is 2.43. The van der Waals surface area contributed by atoms with Crippen molar-refractivity contribution < 1.29 is 13.9 Å². The topological polar surface area (TPSA) is 50.4 Å². The molecule has 1 aromatic heterocycles. The van der Waals surface area contributed by atoms with Crippen LogP contribution in [0, 0.1) is 19.7 Å². The second-order valence-electron chi connectivity index (χ2n) is 5.77. The maximum absolute atomic E-state index is 13.5. The first-order valence-electron chi connectivity index (χ1n) is 7.03. The number of benzene rings is 2. The van der Waals surface area contributed by atoms with E-state index in [1.54, 1.807) is 6.07 Å². The van der Waals surface area contributed by atoms with Crippen LogP contribution in [0.5, 0.6) is 0 Å².